The van der Waals surface area contributed by atoms with Crippen molar-refractivity contribution in [2.24, 2.45) is 5.92 Å². The molecule has 1 aromatic rings. The SMILES string of the molecule is O=C(C1CSc2ccccc21)N1CCCC(CCO)C1. The Morgan fingerprint density at radius 3 is 3.10 bits per heavy atom. The Morgan fingerprint density at radius 1 is 1.40 bits per heavy atom. The first kappa shape index (κ1) is 14.0. The highest BCUT2D eigenvalue weighted by Gasteiger charge is 2.34. The summed E-state index contributed by atoms with van der Waals surface area (Å²) in [6.07, 6.45) is 3.03. The lowest BCUT2D eigenvalue weighted by atomic mass is 9.93. The molecule has 1 saturated heterocycles. The van der Waals surface area contributed by atoms with Crippen molar-refractivity contribution in [2.75, 3.05) is 25.4 Å². The molecule has 0 saturated carbocycles. The fraction of sp³-hybridized carbons (Fsp3) is 0.562. The molecule has 0 radical (unpaired) electrons. The third kappa shape index (κ3) is 2.72. The number of hydrogen-bond acceptors (Lipinski definition) is 3. The zero-order chi connectivity index (χ0) is 13.9. The van der Waals surface area contributed by atoms with E-state index < -0.39 is 0 Å². The minimum atomic E-state index is 0.0316. The smallest absolute Gasteiger partial charge is 0.231 e. The summed E-state index contributed by atoms with van der Waals surface area (Å²) in [4.78, 5) is 16.0. The number of nitrogens with zero attached hydrogens (tertiary/aromatic N) is 1. The van der Waals surface area contributed by atoms with Crippen molar-refractivity contribution in [1.29, 1.82) is 0 Å². The molecular weight excluding hydrogens is 270 g/mol. The number of fused-ring (bicyclic) bond motifs is 1. The molecule has 1 amide bonds. The Kier molecular flexibility index (Phi) is 4.32. The predicted octanol–water partition coefficient (Wildman–Crippen LogP) is 2.50. The Labute approximate surface area is 124 Å². The minimum Gasteiger partial charge on any atom is -0.396 e. The van der Waals surface area contributed by atoms with Crippen molar-refractivity contribution >= 4 is 17.7 Å². The molecule has 0 spiro atoms. The van der Waals surface area contributed by atoms with Crippen LogP contribution < -0.4 is 0 Å². The second kappa shape index (κ2) is 6.19. The van der Waals surface area contributed by atoms with Crippen molar-refractivity contribution in [1.82, 2.24) is 4.90 Å². The highest BCUT2D eigenvalue weighted by molar-refractivity contribution is 7.99. The number of carbonyl (C=O) groups excluding carboxylic acids is 1. The molecule has 3 rings (SSSR count). The number of hydrogen-bond donors (Lipinski definition) is 1. The quantitative estimate of drug-likeness (QED) is 0.930. The summed E-state index contributed by atoms with van der Waals surface area (Å²) in [7, 11) is 0. The lowest BCUT2D eigenvalue weighted by Gasteiger charge is -2.34. The van der Waals surface area contributed by atoms with Gasteiger partial charge in [-0.2, -0.15) is 0 Å². The van der Waals surface area contributed by atoms with Gasteiger partial charge in [-0.3, -0.25) is 4.79 Å². The summed E-state index contributed by atoms with van der Waals surface area (Å²) < 4.78 is 0. The van der Waals surface area contributed by atoms with E-state index in [1.54, 1.807) is 11.8 Å². The molecule has 20 heavy (non-hydrogen) atoms. The van der Waals surface area contributed by atoms with E-state index in [9.17, 15) is 4.79 Å². The van der Waals surface area contributed by atoms with Crippen LogP contribution in [0.4, 0.5) is 0 Å². The van der Waals surface area contributed by atoms with Gasteiger partial charge in [0, 0.05) is 30.3 Å². The number of aliphatic hydroxyl groups excluding tert-OH is 1. The summed E-state index contributed by atoms with van der Waals surface area (Å²) in [5, 5.41) is 9.08. The molecule has 2 aliphatic heterocycles. The van der Waals surface area contributed by atoms with E-state index in [2.05, 4.69) is 12.1 Å². The topological polar surface area (TPSA) is 40.5 Å². The van der Waals surface area contributed by atoms with Crippen LogP contribution in [-0.2, 0) is 4.79 Å². The van der Waals surface area contributed by atoms with E-state index in [4.69, 9.17) is 5.11 Å². The lowest BCUT2D eigenvalue weighted by Crippen LogP contribution is -2.42. The number of rotatable bonds is 3. The van der Waals surface area contributed by atoms with Crippen molar-refractivity contribution in [3.8, 4) is 0 Å². The van der Waals surface area contributed by atoms with Gasteiger partial charge in [0.25, 0.3) is 0 Å². The van der Waals surface area contributed by atoms with E-state index in [1.807, 2.05) is 17.0 Å². The average molecular weight is 291 g/mol. The Balaban J connectivity index is 1.70. The largest absolute Gasteiger partial charge is 0.396 e. The van der Waals surface area contributed by atoms with Gasteiger partial charge in [0.15, 0.2) is 0 Å². The van der Waals surface area contributed by atoms with Gasteiger partial charge in [0.2, 0.25) is 5.91 Å². The molecule has 1 aromatic carbocycles. The van der Waals surface area contributed by atoms with Crippen molar-refractivity contribution < 1.29 is 9.90 Å². The summed E-state index contributed by atoms with van der Waals surface area (Å²) in [5.74, 6) is 1.66. The molecule has 2 unspecified atom stereocenters. The maximum Gasteiger partial charge on any atom is 0.231 e. The number of amides is 1. The molecule has 108 valence electrons. The number of benzene rings is 1. The zero-order valence-corrected chi connectivity index (χ0v) is 12.4. The second-order valence-electron chi connectivity index (χ2n) is 5.71. The fourth-order valence-electron chi connectivity index (χ4n) is 3.27. The van der Waals surface area contributed by atoms with Gasteiger partial charge in [0.05, 0.1) is 5.92 Å². The van der Waals surface area contributed by atoms with Crippen LogP contribution in [0.5, 0.6) is 0 Å². The van der Waals surface area contributed by atoms with Gasteiger partial charge in [-0.1, -0.05) is 18.2 Å². The number of aliphatic hydroxyl groups is 1. The molecule has 0 bridgehead atoms. The minimum absolute atomic E-state index is 0.0316. The van der Waals surface area contributed by atoms with E-state index in [0.29, 0.717) is 5.92 Å². The molecule has 1 N–H and O–H groups in total. The molecule has 1 fully saturated rings. The van der Waals surface area contributed by atoms with Gasteiger partial charge in [-0.05, 0) is 36.8 Å². The number of carbonyl (C=O) groups is 1. The van der Waals surface area contributed by atoms with Crippen LogP contribution in [0.15, 0.2) is 29.2 Å². The van der Waals surface area contributed by atoms with Gasteiger partial charge < -0.3 is 10.0 Å². The van der Waals surface area contributed by atoms with E-state index in [-0.39, 0.29) is 18.4 Å². The third-order valence-electron chi connectivity index (χ3n) is 4.37. The number of piperidine rings is 1. The Bertz CT molecular complexity index is 489. The summed E-state index contributed by atoms with van der Waals surface area (Å²) >= 11 is 1.79. The normalized spacial score (nSPS) is 25.6. The summed E-state index contributed by atoms with van der Waals surface area (Å²) in [5.41, 5.74) is 1.20. The first-order chi connectivity index (χ1) is 9.79. The van der Waals surface area contributed by atoms with Crippen LogP contribution in [-0.4, -0.2) is 41.4 Å². The molecule has 2 heterocycles. The Morgan fingerprint density at radius 2 is 2.25 bits per heavy atom. The first-order valence-corrected chi connectivity index (χ1v) is 8.39. The average Bonchev–Trinajstić information content (AvgIpc) is 2.91. The van der Waals surface area contributed by atoms with E-state index in [1.165, 1.54) is 10.5 Å². The molecular formula is C16H21NO2S. The maximum atomic E-state index is 12.8. The van der Waals surface area contributed by atoms with Crippen molar-refractivity contribution in [2.45, 2.75) is 30.1 Å². The molecule has 2 atom stereocenters. The monoisotopic (exact) mass is 291 g/mol. The molecule has 0 aromatic heterocycles. The van der Waals surface area contributed by atoms with Crippen molar-refractivity contribution in [3.05, 3.63) is 29.8 Å². The maximum absolute atomic E-state index is 12.8. The second-order valence-corrected chi connectivity index (χ2v) is 6.77. The predicted molar refractivity (Wildman–Crippen MR) is 80.9 cm³/mol. The third-order valence-corrected chi connectivity index (χ3v) is 5.55. The highest BCUT2D eigenvalue weighted by Crippen LogP contribution is 2.40. The van der Waals surface area contributed by atoms with Gasteiger partial charge in [0.1, 0.15) is 0 Å². The number of likely N-dealkylation sites (tertiary alicyclic amines) is 1. The molecule has 4 heteroatoms. The lowest BCUT2D eigenvalue weighted by molar-refractivity contribution is -0.134. The van der Waals surface area contributed by atoms with Crippen LogP contribution in [0.3, 0.4) is 0 Å². The number of thioether (sulfide) groups is 1. The van der Waals surface area contributed by atoms with Gasteiger partial charge in [-0.25, -0.2) is 0 Å². The molecule has 0 aliphatic carbocycles. The van der Waals surface area contributed by atoms with Crippen LogP contribution >= 0.6 is 11.8 Å². The summed E-state index contributed by atoms with van der Waals surface area (Å²) in [6, 6.07) is 8.26. The molecule has 2 aliphatic rings. The van der Waals surface area contributed by atoms with Crippen molar-refractivity contribution in [3.63, 3.8) is 0 Å². The zero-order valence-electron chi connectivity index (χ0n) is 11.6. The van der Waals surface area contributed by atoms with E-state index in [0.717, 1.165) is 38.1 Å². The van der Waals surface area contributed by atoms with Crippen LogP contribution in [0.1, 0.15) is 30.7 Å². The standard InChI is InChI=1S/C16H21NO2S/c18-9-7-12-4-3-8-17(10-12)16(19)14-11-20-15-6-2-1-5-13(14)15/h1-2,5-6,12,14,18H,3-4,7-11H2. The van der Waals surface area contributed by atoms with Crippen LogP contribution in [0, 0.1) is 5.92 Å². The van der Waals surface area contributed by atoms with Gasteiger partial charge in [-0.15, -0.1) is 11.8 Å². The highest BCUT2D eigenvalue weighted by atomic mass is 32.2. The summed E-state index contributed by atoms with van der Waals surface area (Å²) in [6.45, 7) is 1.93. The first-order valence-electron chi connectivity index (χ1n) is 7.41. The van der Waals surface area contributed by atoms with E-state index >= 15 is 0 Å². The van der Waals surface area contributed by atoms with Gasteiger partial charge >= 0.3 is 0 Å². The van der Waals surface area contributed by atoms with Crippen LogP contribution in [0.25, 0.3) is 0 Å². The molecule has 3 nitrogen and oxygen atoms in total. The Hall–Kier alpha value is -1.00. The fourth-order valence-corrected chi connectivity index (χ4v) is 4.49. The van der Waals surface area contributed by atoms with Crippen LogP contribution in [0.2, 0.25) is 0 Å².